The Bertz CT molecular complexity index is 1330. The molecule has 5 nitrogen and oxygen atoms in total. The summed E-state index contributed by atoms with van der Waals surface area (Å²) in [4.78, 5) is 29.3. The third-order valence-corrected chi connectivity index (χ3v) is 6.14. The topological polar surface area (TPSA) is 85.1 Å². The Labute approximate surface area is 244 Å². The number of nitrogens with one attached hydrogen (secondary N) is 1. The van der Waals surface area contributed by atoms with Gasteiger partial charge in [0.2, 0.25) is 5.91 Å². The number of hydrogen-bond acceptors (Lipinski definition) is 3. The number of aromatic nitrogens is 1. The second-order valence-electron chi connectivity index (χ2n) is 7.28. The Balaban J connectivity index is 0.00000172. The van der Waals surface area contributed by atoms with E-state index in [1.54, 1.807) is 30.3 Å². The fraction of sp³-hybridized carbons (Fsp3) is 0.207. The van der Waals surface area contributed by atoms with Gasteiger partial charge in [0.05, 0.1) is 31.9 Å². The third kappa shape index (κ3) is 8.60. The van der Waals surface area contributed by atoms with E-state index in [-0.39, 0.29) is 22.1 Å². The molecule has 1 heterocycles. The number of benzene rings is 2. The number of primary amides is 1. The number of carbonyl (C=O) groups excluding carboxylic acids is 2. The molecular formula is C29H31Cl4N3O2. The summed E-state index contributed by atoms with van der Waals surface area (Å²) in [6, 6.07) is 13.4. The van der Waals surface area contributed by atoms with Gasteiger partial charge in [-0.15, -0.1) is 0 Å². The van der Waals surface area contributed by atoms with Crippen LogP contribution in [0.25, 0.3) is 22.2 Å². The molecule has 3 N–H and O–H groups in total. The molecule has 38 heavy (non-hydrogen) atoms. The standard InChI is InChI=1S/C25H19Cl4N3O2.2C2H6/c1-3-16(27)22(13(2)26)25(34)32-21(24(30)33)12-14-7-9-19-15(11-14)8-10-20(31-19)23-17(28)5-4-6-18(23)29;2*1-2/h3-11,21H,1-2,12H2,(H2,30,33)(H,32,34);2*1-2H3/b22-16-;;. The van der Waals surface area contributed by atoms with Gasteiger partial charge in [-0.25, -0.2) is 4.98 Å². The summed E-state index contributed by atoms with van der Waals surface area (Å²) in [7, 11) is 0. The molecule has 0 spiro atoms. The van der Waals surface area contributed by atoms with Crippen LogP contribution in [-0.4, -0.2) is 22.8 Å². The average Bonchev–Trinajstić information content (AvgIpc) is 2.90. The number of rotatable bonds is 8. The molecular weight excluding hydrogens is 564 g/mol. The molecule has 1 atom stereocenters. The number of hydrogen-bond donors (Lipinski definition) is 2. The largest absolute Gasteiger partial charge is 0.368 e. The van der Waals surface area contributed by atoms with Gasteiger partial charge in [-0.1, -0.05) is 105 Å². The van der Waals surface area contributed by atoms with E-state index in [9.17, 15) is 9.59 Å². The minimum Gasteiger partial charge on any atom is -0.368 e. The van der Waals surface area contributed by atoms with Crippen LogP contribution in [0.2, 0.25) is 10.0 Å². The number of allylic oxidation sites excluding steroid dienone is 2. The molecule has 202 valence electrons. The highest BCUT2D eigenvalue weighted by molar-refractivity contribution is 6.40. The summed E-state index contributed by atoms with van der Waals surface area (Å²) in [5, 5.41) is 4.30. The van der Waals surface area contributed by atoms with E-state index < -0.39 is 17.9 Å². The van der Waals surface area contributed by atoms with Gasteiger partial charge in [0.25, 0.3) is 5.91 Å². The lowest BCUT2D eigenvalue weighted by Gasteiger charge is -2.17. The second-order valence-corrected chi connectivity index (χ2v) is 8.96. The Morgan fingerprint density at radius 2 is 1.63 bits per heavy atom. The molecule has 0 aliphatic carbocycles. The monoisotopic (exact) mass is 593 g/mol. The first-order valence-corrected chi connectivity index (χ1v) is 13.4. The van der Waals surface area contributed by atoms with Crippen molar-refractivity contribution in [2.24, 2.45) is 5.73 Å². The summed E-state index contributed by atoms with van der Waals surface area (Å²) in [5.41, 5.74) is 8.19. The van der Waals surface area contributed by atoms with Crippen LogP contribution in [0, 0.1) is 0 Å². The van der Waals surface area contributed by atoms with Gasteiger partial charge in [-0.3, -0.25) is 9.59 Å². The van der Waals surface area contributed by atoms with E-state index in [0.29, 0.717) is 26.8 Å². The highest BCUT2D eigenvalue weighted by Crippen LogP contribution is 2.34. The van der Waals surface area contributed by atoms with E-state index >= 15 is 0 Å². The van der Waals surface area contributed by atoms with Crippen molar-refractivity contribution in [3.8, 4) is 11.3 Å². The van der Waals surface area contributed by atoms with Crippen LogP contribution < -0.4 is 11.1 Å². The lowest BCUT2D eigenvalue weighted by Crippen LogP contribution is -2.46. The normalized spacial score (nSPS) is 11.6. The molecule has 0 bridgehead atoms. The van der Waals surface area contributed by atoms with Gasteiger partial charge in [0.15, 0.2) is 0 Å². The molecule has 0 saturated heterocycles. The van der Waals surface area contributed by atoms with E-state index in [4.69, 9.17) is 52.1 Å². The van der Waals surface area contributed by atoms with Crippen LogP contribution in [0.15, 0.2) is 83.4 Å². The van der Waals surface area contributed by atoms with Gasteiger partial charge in [-0.2, -0.15) is 0 Å². The SMILES string of the molecule is C=C/C(Cl)=C(\C(=C)Cl)C(=O)NC(Cc1ccc2nc(-c3c(Cl)cccc3Cl)ccc2c1)C(N)=O.CC.CC. The highest BCUT2D eigenvalue weighted by Gasteiger charge is 2.23. The van der Waals surface area contributed by atoms with E-state index in [2.05, 4.69) is 23.5 Å². The molecule has 0 aliphatic heterocycles. The molecule has 0 radical (unpaired) electrons. The van der Waals surface area contributed by atoms with Crippen molar-refractivity contribution in [3.05, 3.63) is 99.0 Å². The summed E-state index contributed by atoms with van der Waals surface area (Å²) in [5.74, 6) is -1.40. The molecule has 0 aliphatic rings. The molecule has 2 aromatic carbocycles. The number of pyridine rings is 1. The van der Waals surface area contributed by atoms with Crippen molar-refractivity contribution >= 4 is 69.1 Å². The zero-order chi connectivity index (χ0) is 29.0. The molecule has 0 saturated carbocycles. The highest BCUT2D eigenvalue weighted by atomic mass is 35.5. The van der Waals surface area contributed by atoms with Gasteiger partial charge in [0.1, 0.15) is 6.04 Å². The summed E-state index contributed by atoms with van der Waals surface area (Å²) >= 11 is 24.5. The quantitative estimate of drug-likeness (QED) is 0.203. The van der Waals surface area contributed by atoms with E-state index in [1.165, 1.54) is 6.08 Å². The third-order valence-electron chi connectivity index (χ3n) is 4.98. The number of amides is 2. The van der Waals surface area contributed by atoms with Crippen LogP contribution in [0.3, 0.4) is 0 Å². The lowest BCUT2D eigenvalue weighted by atomic mass is 10.0. The van der Waals surface area contributed by atoms with Crippen molar-refractivity contribution in [1.82, 2.24) is 10.3 Å². The van der Waals surface area contributed by atoms with Crippen molar-refractivity contribution < 1.29 is 9.59 Å². The van der Waals surface area contributed by atoms with Crippen LogP contribution in [-0.2, 0) is 16.0 Å². The number of carbonyl (C=O) groups is 2. The maximum Gasteiger partial charge on any atom is 0.254 e. The molecule has 1 unspecified atom stereocenters. The molecule has 9 heteroatoms. The number of halogens is 4. The molecule has 3 aromatic rings. The fourth-order valence-electron chi connectivity index (χ4n) is 3.34. The Hall–Kier alpha value is -2.83. The minimum atomic E-state index is -1.01. The minimum absolute atomic E-state index is 0.00641. The Morgan fingerprint density at radius 3 is 2.16 bits per heavy atom. The predicted molar refractivity (Wildman–Crippen MR) is 163 cm³/mol. The van der Waals surface area contributed by atoms with E-state index in [1.807, 2.05) is 45.9 Å². The first-order chi connectivity index (χ1) is 18.1. The molecule has 0 fully saturated rings. The molecule has 1 aromatic heterocycles. The zero-order valence-corrected chi connectivity index (χ0v) is 24.8. The van der Waals surface area contributed by atoms with Crippen LogP contribution >= 0.6 is 46.4 Å². The van der Waals surface area contributed by atoms with Crippen LogP contribution in [0.5, 0.6) is 0 Å². The van der Waals surface area contributed by atoms with Crippen molar-refractivity contribution in [3.63, 3.8) is 0 Å². The van der Waals surface area contributed by atoms with Crippen LogP contribution in [0.1, 0.15) is 33.3 Å². The maximum atomic E-state index is 12.6. The van der Waals surface area contributed by atoms with Crippen LogP contribution in [0.4, 0.5) is 0 Å². The summed E-state index contributed by atoms with van der Waals surface area (Å²) in [6.45, 7) is 15.0. The lowest BCUT2D eigenvalue weighted by molar-refractivity contribution is -0.125. The first-order valence-electron chi connectivity index (χ1n) is 11.9. The number of fused-ring (bicyclic) bond motifs is 1. The van der Waals surface area contributed by atoms with Gasteiger partial charge >= 0.3 is 0 Å². The van der Waals surface area contributed by atoms with Crippen molar-refractivity contribution in [2.45, 2.75) is 40.2 Å². The number of nitrogens with two attached hydrogens (primary N) is 1. The smallest absolute Gasteiger partial charge is 0.254 e. The van der Waals surface area contributed by atoms with E-state index in [0.717, 1.165) is 10.9 Å². The predicted octanol–water partition coefficient (Wildman–Crippen LogP) is 8.21. The second kappa shape index (κ2) is 16.2. The van der Waals surface area contributed by atoms with Gasteiger partial charge in [-0.05, 0) is 42.0 Å². The molecule has 3 rings (SSSR count). The van der Waals surface area contributed by atoms with Crippen molar-refractivity contribution in [2.75, 3.05) is 0 Å². The van der Waals surface area contributed by atoms with Crippen molar-refractivity contribution in [1.29, 1.82) is 0 Å². The molecule has 2 amide bonds. The number of nitrogens with zero attached hydrogens (tertiary/aromatic N) is 1. The Kier molecular flexibility index (Phi) is 14.2. The average molecular weight is 595 g/mol. The fourth-order valence-corrected chi connectivity index (χ4v) is 4.36. The van der Waals surface area contributed by atoms with Gasteiger partial charge in [0, 0.05) is 22.4 Å². The maximum absolute atomic E-state index is 12.6. The summed E-state index contributed by atoms with van der Waals surface area (Å²) in [6.07, 6.45) is 1.40. The first kappa shape index (κ1) is 33.2. The zero-order valence-electron chi connectivity index (χ0n) is 21.7. The Morgan fingerprint density at radius 1 is 1.03 bits per heavy atom. The summed E-state index contributed by atoms with van der Waals surface area (Å²) < 4.78 is 0. The van der Waals surface area contributed by atoms with Gasteiger partial charge < -0.3 is 11.1 Å².